The molecule has 2 atom stereocenters. The molecule has 0 aromatic carbocycles. The molecular weight excluding hydrogens is 124 g/mol. The summed E-state index contributed by atoms with van der Waals surface area (Å²) in [6.45, 7) is 4.22. The van der Waals surface area contributed by atoms with Crippen molar-refractivity contribution in [2.24, 2.45) is 5.92 Å². The maximum atomic E-state index is 5.32. The Kier molecular flexibility index (Phi) is 2.55. The van der Waals surface area contributed by atoms with Crippen LogP contribution in [0.2, 0.25) is 0 Å². The van der Waals surface area contributed by atoms with Crippen LogP contribution in [0.5, 0.6) is 0 Å². The Balaban J connectivity index is 2.44. The smallest absolute Gasteiger partial charge is 0.116 e. The van der Waals surface area contributed by atoms with Crippen molar-refractivity contribution >= 4 is 0 Å². The molecule has 1 aliphatic rings. The molecule has 0 fully saturated rings. The molecule has 0 radical (unpaired) electrons. The zero-order valence-electron chi connectivity index (χ0n) is 6.58. The van der Waals surface area contributed by atoms with E-state index in [0.29, 0.717) is 12.0 Å². The van der Waals surface area contributed by atoms with Crippen molar-refractivity contribution in [3.8, 4) is 0 Å². The SMILES string of the molecule is C/C=C/[C@@H]1CC(C)C=CO1. The summed E-state index contributed by atoms with van der Waals surface area (Å²) >= 11 is 0. The number of rotatable bonds is 1. The average molecular weight is 138 g/mol. The predicted molar refractivity (Wildman–Crippen MR) is 42.6 cm³/mol. The second kappa shape index (κ2) is 3.45. The molecule has 1 heterocycles. The lowest BCUT2D eigenvalue weighted by molar-refractivity contribution is 0.148. The molecule has 56 valence electrons. The van der Waals surface area contributed by atoms with Crippen LogP contribution in [-0.4, -0.2) is 6.10 Å². The van der Waals surface area contributed by atoms with Crippen LogP contribution in [0.4, 0.5) is 0 Å². The highest BCUT2D eigenvalue weighted by Crippen LogP contribution is 2.16. The van der Waals surface area contributed by atoms with Crippen LogP contribution in [0.1, 0.15) is 20.3 Å². The van der Waals surface area contributed by atoms with E-state index in [1.807, 2.05) is 13.0 Å². The molecule has 10 heavy (non-hydrogen) atoms. The van der Waals surface area contributed by atoms with Gasteiger partial charge >= 0.3 is 0 Å². The standard InChI is InChI=1S/C9H14O/c1-3-4-9-7-8(2)5-6-10-9/h3-6,8-9H,7H2,1-2H3/b4-3+/t8?,9-/m1/s1. The number of hydrogen-bond donors (Lipinski definition) is 0. The summed E-state index contributed by atoms with van der Waals surface area (Å²) in [4.78, 5) is 0. The van der Waals surface area contributed by atoms with Crippen molar-refractivity contribution in [1.82, 2.24) is 0 Å². The van der Waals surface area contributed by atoms with E-state index in [2.05, 4.69) is 19.1 Å². The predicted octanol–water partition coefficient (Wildman–Crippen LogP) is 2.50. The van der Waals surface area contributed by atoms with Gasteiger partial charge in [0.25, 0.3) is 0 Å². The molecule has 1 heteroatoms. The molecule has 0 aromatic rings. The topological polar surface area (TPSA) is 9.23 Å². The van der Waals surface area contributed by atoms with Gasteiger partial charge in [-0.05, 0) is 31.4 Å². The van der Waals surface area contributed by atoms with Crippen molar-refractivity contribution in [3.05, 3.63) is 24.5 Å². The highest BCUT2D eigenvalue weighted by Gasteiger charge is 2.11. The van der Waals surface area contributed by atoms with Crippen molar-refractivity contribution in [3.63, 3.8) is 0 Å². The van der Waals surface area contributed by atoms with Gasteiger partial charge in [0, 0.05) is 0 Å². The van der Waals surface area contributed by atoms with Crippen molar-refractivity contribution in [2.45, 2.75) is 26.4 Å². The molecule has 1 rings (SSSR count). The molecule has 0 aromatic heterocycles. The maximum absolute atomic E-state index is 5.32. The molecule has 0 saturated heterocycles. The fourth-order valence-electron chi connectivity index (χ4n) is 1.12. The van der Waals surface area contributed by atoms with E-state index in [4.69, 9.17) is 4.74 Å². The fourth-order valence-corrected chi connectivity index (χ4v) is 1.12. The van der Waals surface area contributed by atoms with Crippen LogP contribution < -0.4 is 0 Å². The Hall–Kier alpha value is -0.720. The second-order valence-corrected chi connectivity index (χ2v) is 2.74. The monoisotopic (exact) mass is 138 g/mol. The highest BCUT2D eigenvalue weighted by molar-refractivity contribution is 4.96. The van der Waals surface area contributed by atoms with Crippen LogP contribution in [0, 0.1) is 5.92 Å². The Labute approximate surface area is 62.4 Å². The molecule has 0 saturated carbocycles. The van der Waals surface area contributed by atoms with E-state index >= 15 is 0 Å². The van der Waals surface area contributed by atoms with Crippen molar-refractivity contribution < 1.29 is 4.74 Å². The van der Waals surface area contributed by atoms with E-state index < -0.39 is 0 Å². The highest BCUT2D eigenvalue weighted by atomic mass is 16.5. The van der Waals surface area contributed by atoms with Crippen LogP contribution in [0.15, 0.2) is 24.5 Å². The van der Waals surface area contributed by atoms with Gasteiger partial charge in [0.2, 0.25) is 0 Å². The lowest BCUT2D eigenvalue weighted by atomic mass is 10.0. The van der Waals surface area contributed by atoms with Gasteiger partial charge in [-0.3, -0.25) is 0 Å². The lowest BCUT2D eigenvalue weighted by Gasteiger charge is -2.19. The third-order valence-electron chi connectivity index (χ3n) is 1.67. The van der Waals surface area contributed by atoms with Crippen LogP contribution >= 0.6 is 0 Å². The fraction of sp³-hybridized carbons (Fsp3) is 0.556. The minimum atomic E-state index is 0.310. The third kappa shape index (κ3) is 1.90. The first kappa shape index (κ1) is 7.39. The van der Waals surface area contributed by atoms with Gasteiger partial charge in [0.1, 0.15) is 6.10 Å². The summed E-state index contributed by atoms with van der Waals surface area (Å²) < 4.78 is 5.32. The molecule has 0 amide bonds. The maximum Gasteiger partial charge on any atom is 0.116 e. The molecular formula is C9H14O. The first-order valence-corrected chi connectivity index (χ1v) is 3.78. The Morgan fingerprint density at radius 2 is 2.40 bits per heavy atom. The molecule has 1 aliphatic heterocycles. The van der Waals surface area contributed by atoms with E-state index in [9.17, 15) is 0 Å². The van der Waals surface area contributed by atoms with E-state index in [1.165, 1.54) is 0 Å². The van der Waals surface area contributed by atoms with Gasteiger partial charge in [-0.25, -0.2) is 0 Å². The average Bonchev–Trinajstić information content (AvgIpc) is 1.88. The van der Waals surface area contributed by atoms with E-state index in [-0.39, 0.29) is 0 Å². The summed E-state index contributed by atoms with van der Waals surface area (Å²) in [6.07, 6.45) is 9.46. The molecule has 1 nitrogen and oxygen atoms in total. The molecule has 0 N–H and O–H groups in total. The molecule has 0 spiro atoms. The zero-order chi connectivity index (χ0) is 7.40. The largest absolute Gasteiger partial charge is 0.494 e. The number of hydrogen-bond acceptors (Lipinski definition) is 1. The van der Waals surface area contributed by atoms with Crippen LogP contribution in [0.25, 0.3) is 0 Å². The van der Waals surface area contributed by atoms with E-state index in [1.54, 1.807) is 6.26 Å². The van der Waals surface area contributed by atoms with Crippen LogP contribution in [-0.2, 0) is 4.74 Å². The minimum absolute atomic E-state index is 0.310. The van der Waals surface area contributed by atoms with Gasteiger partial charge in [-0.2, -0.15) is 0 Å². The molecule has 1 unspecified atom stereocenters. The molecule has 0 bridgehead atoms. The van der Waals surface area contributed by atoms with Gasteiger partial charge < -0.3 is 4.74 Å². The van der Waals surface area contributed by atoms with Gasteiger partial charge in [0.15, 0.2) is 0 Å². The summed E-state index contributed by atoms with van der Waals surface area (Å²) in [5.41, 5.74) is 0. The molecule has 0 aliphatic carbocycles. The van der Waals surface area contributed by atoms with Crippen molar-refractivity contribution in [1.29, 1.82) is 0 Å². The zero-order valence-corrected chi connectivity index (χ0v) is 6.58. The lowest BCUT2D eigenvalue weighted by Crippen LogP contribution is -2.14. The first-order valence-electron chi connectivity index (χ1n) is 3.78. The van der Waals surface area contributed by atoms with Gasteiger partial charge in [-0.15, -0.1) is 0 Å². The van der Waals surface area contributed by atoms with E-state index in [0.717, 1.165) is 6.42 Å². The third-order valence-corrected chi connectivity index (χ3v) is 1.67. The first-order chi connectivity index (χ1) is 4.83. The summed E-state index contributed by atoms with van der Waals surface area (Å²) in [6, 6.07) is 0. The normalized spacial score (nSPS) is 32.6. The van der Waals surface area contributed by atoms with Crippen LogP contribution in [0.3, 0.4) is 0 Å². The van der Waals surface area contributed by atoms with Gasteiger partial charge in [0.05, 0.1) is 6.26 Å². The number of ether oxygens (including phenoxy) is 1. The van der Waals surface area contributed by atoms with Crippen molar-refractivity contribution in [2.75, 3.05) is 0 Å². The summed E-state index contributed by atoms with van der Waals surface area (Å²) in [7, 11) is 0. The number of allylic oxidation sites excluding steroid dienone is 2. The summed E-state index contributed by atoms with van der Waals surface area (Å²) in [5.74, 6) is 0.662. The Morgan fingerprint density at radius 3 is 3.00 bits per heavy atom. The quantitative estimate of drug-likeness (QED) is 0.506. The minimum Gasteiger partial charge on any atom is -0.494 e. The Morgan fingerprint density at radius 1 is 1.60 bits per heavy atom. The summed E-state index contributed by atoms with van der Waals surface area (Å²) in [5, 5.41) is 0. The second-order valence-electron chi connectivity index (χ2n) is 2.74. The van der Waals surface area contributed by atoms with Gasteiger partial charge in [-0.1, -0.05) is 13.0 Å². The Bertz CT molecular complexity index is 147.